The number of anilines is 1. The van der Waals surface area contributed by atoms with Gasteiger partial charge in [0.05, 0.1) is 0 Å². The Balaban J connectivity index is 1.91. The van der Waals surface area contributed by atoms with Crippen molar-refractivity contribution in [1.82, 2.24) is 0 Å². The van der Waals surface area contributed by atoms with Gasteiger partial charge in [-0.3, -0.25) is 4.79 Å². The Kier molecular flexibility index (Phi) is 6.27. The van der Waals surface area contributed by atoms with E-state index in [1.807, 2.05) is 26.0 Å². The lowest BCUT2D eigenvalue weighted by molar-refractivity contribution is -0.161. The SMILES string of the molecule is Cc1cccc(NC(=O)COC(=O)C(C)(C)Oc2ccc(Cl)cc2)c1C. The molecule has 2 aromatic carbocycles. The van der Waals surface area contributed by atoms with E-state index in [1.54, 1.807) is 44.2 Å². The molecule has 26 heavy (non-hydrogen) atoms. The zero-order valence-corrected chi connectivity index (χ0v) is 16.0. The molecule has 2 aromatic rings. The molecule has 0 saturated heterocycles. The Labute approximate surface area is 158 Å². The molecule has 0 aromatic heterocycles. The van der Waals surface area contributed by atoms with Crippen molar-refractivity contribution in [2.75, 3.05) is 11.9 Å². The van der Waals surface area contributed by atoms with Crippen molar-refractivity contribution in [3.05, 3.63) is 58.6 Å². The lowest BCUT2D eigenvalue weighted by atomic mass is 10.1. The molecule has 0 spiro atoms. The average molecular weight is 376 g/mol. The molecule has 0 radical (unpaired) electrons. The Morgan fingerprint density at radius 3 is 2.38 bits per heavy atom. The van der Waals surface area contributed by atoms with E-state index >= 15 is 0 Å². The van der Waals surface area contributed by atoms with Crippen LogP contribution in [0.4, 0.5) is 5.69 Å². The first-order valence-corrected chi connectivity index (χ1v) is 8.55. The van der Waals surface area contributed by atoms with E-state index in [0.29, 0.717) is 16.5 Å². The first-order chi connectivity index (χ1) is 12.2. The number of hydrogen-bond donors (Lipinski definition) is 1. The Bertz CT molecular complexity index is 800. The van der Waals surface area contributed by atoms with E-state index in [1.165, 1.54) is 0 Å². The lowest BCUT2D eigenvalue weighted by Gasteiger charge is -2.24. The number of nitrogens with one attached hydrogen (secondary N) is 1. The molecular weight excluding hydrogens is 354 g/mol. The molecule has 0 unspecified atom stereocenters. The second-order valence-electron chi connectivity index (χ2n) is 6.44. The van der Waals surface area contributed by atoms with Gasteiger partial charge in [0.25, 0.3) is 5.91 Å². The molecule has 1 N–H and O–H groups in total. The molecule has 6 heteroatoms. The van der Waals surface area contributed by atoms with Crippen LogP contribution in [0.25, 0.3) is 0 Å². The summed E-state index contributed by atoms with van der Waals surface area (Å²) >= 11 is 5.83. The highest BCUT2D eigenvalue weighted by Crippen LogP contribution is 2.22. The zero-order valence-electron chi connectivity index (χ0n) is 15.3. The van der Waals surface area contributed by atoms with Crippen LogP contribution in [0.5, 0.6) is 5.75 Å². The number of carbonyl (C=O) groups is 2. The van der Waals surface area contributed by atoms with Crippen LogP contribution < -0.4 is 10.1 Å². The van der Waals surface area contributed by atoms with Crippen molar-refractivity contribution in [1.29, 1.82) is 0 Å². The second kappa shape index (κ2) is 8.23. The van der Waals surface area contributed by atoms with Gasteiger partial charge in [0.2, 0.25) is 0 Å². The van der Waals surface area contributed by atoms with Gasteiger partial charge >= 0.3 is 5.97 Å². The number of amides is 1. The maximum Gasteiger partial charge on any atom is 0.350 e. The molecule has 1 amide bonds. The quantitative estimate of drug-likeness (QED) is 0.764. The fourth-order valence-corrected chi connectivity index (χ4v) is 2.34. The van der Waals surface area contributed by atoms with Crippen LogP contribution in [-0.4, -0.2) is 24.1 Å². The third-order valence-electron chi connectivity index (χ3n) is 3.89. The third kappa shape index (κ3) is 5.23. The number of rotatable bonds is 6. The van der Waals surface area contributed by atoms with Crippen molar-refractivity contribution >= 4 is 29.2 Å². The molecule has 138 valence electrons. The van der Waals surface area contributed by atoms with Gasteiger partial charge in [-0.25, -0.2) is 4.79 Å². The zero-order chi connectivity index (χ0) is 19.3. The van der Waals surface area contributed by atoms with Crippen LogP contribution in [-0.2, 0) is 14.3 Å². The van der Waals surface area contributed by atoms with Gasteiger partial charge in [-0.1, -0.05) is 23.7 Å². The highest BCUT2D eigenvalue weighted by Gasteiger charge is 2.32. The van der Waals surface area contributed by atoms with E-state index in [9.17, 15) is 9.59 Å². The lowest BCUT2D eigenvalue weighted by Crippen LogP contribution is -2.41. The van der Waals surface area contributed by atoms with Crippen LogP contribution in [0.2, 0.25) is 5.02 Å². The van der Waals surface area contributed by atoms with Gasteiger partial charge in [0.15, 0.2) is 12.2 Å². The predicted molar refractivity (Wildman–Crippen MR) is 102 cm³/mol. The van der Waals surface area contributed by atoms with Crippen molar-refractivity contribution in [3.63, 3.8) is 0 Å². The molecule has 0 aliphatic heterocycles. The summed E-state index contributed by atoms with van der Waals surface area (Å²) < 4.78 is 10.7. The minimum absolute atomic E-state index is 0.389. The smallest absolute Gasteiger partial charge is 0.350 e. The van der Waals surface area contributed by atoms with E-state index in [4.69, 9.17) is 21.1 Å². The van der Waals surface area contributed by atoms with Crippen LogP contribution in [0.15, 0.2) is 42.5 Å². The Morgan fingerprint density at radius 1 is 1.08 bits per heavy atom. The minimum atomic E-state index is -1.24. The van der Waals surface area contributed by atoms with E-state index in [0.717, 1.165) is 11.1 Å². The number of carbonyl (C=O) groups excluding carboxylic acids is 2. The summed E-state index contributed by atoms with van der Waals surface area (Å²) in [5, 5.41) is 3.31. The Hall–Kier alpha value is -2.53. The maximum atomic E-state index is 12.3. The second-order valence-corrected chi connectivity index (χ2v) is 6.87. The highest BCUT2D eigenvalue weighted by atomic mass is 35.5. The summed E-state index contributed by atoms with van der Waals surface area (Å²) in [5.74, 6) is -0.561. The first kappa shape index (κ1) is 19.8. The van der Waals surface area contributed by atoms with Crippen molar-refractivity contribution in [3.8, 4) is 5.75 Å². The van der Waals surface area contributed by atoms with Crippen LogP contribution in [0.3, 0.4) is 0 Å². The van der Waals surface area contributed by atoms with E-state index in [2.05, 4.69) is 5.32 Å². The topological polar surface area (TPSA) is 64.6 Å². The summed E-state index contributed by atoms with van der Waals surface area (Å²) in [6.07, 6.45) is 0. The molecule has 0 bridgehead atoms. The average Bonchev–Trinajstić information content (AvgIpc) is 2.58. The normalized spacial score (nSPS) is 11.0. The first-order valence-electron chi connectivity index (χ1n) is 8.17. The van der Waals surface area contributed by atoms with Gasteiger partial charge in [0.1, 0.15) is 5.75 Å². The van der Waals surface area contributed by atoms with Crippen molar-refractivity contribution < 1.29 is 19.1 Å². The van der Waals surface area contributed by atoms with Crippen LogP contribution in [0, 0.1) is 13.8 Å². The minimum Gasteiger partial charge on any atom is -0.476 e. The predicted octanol–water partition coefficient (Wildman–Crippen LogP) is 4.30. The maximum absolute atomic E-state index is 12.3. The van der Waals surface area contributed by atoms with Gasteiger partial charge in [-0.2, -0.15) is 0 Å². The number of esters is 1. The highest BCUT2D eigenvalue weighted by molar-refractivity contribution is 6.30. The van der Waals surface area contributed by atoms with Gasteiger partial charge in [-0.05, 0) is 69.2 Å². The molecular formula is C20H22ClNO4. The molecule has 0 aliphatic rings. The summed E-state index contributed by atoms with van der Waals surface area (Å²) in [7, 11) is 0. The standard InChI is InChI=1S/C20H22ClNO4/c1-13-6-5-7-17(14(13)2)22-18(23)12-25-19(24)20(3,4)26-16-10-8-15(21)9-11-16/h5-11H,12H2,1-4H3,(H,22,23). The molecule has 0 aliphatic carbocycles. The van der Waals surface area contributed by atoms with E-state index in [-0.39, 0.29) is 6.61 Å². The van der Waals surface area contributed by atoms with Gasteiger partial charge < -0.3 is 14.8 Å². The van der Waals surface area contributed by atoms with Crippen molar-refractivity contribution in [2.45, 2.75) is 33.3 Å². The molecule has 0 fully saturated rings. The van der Waals surface area contributed by atoms with Crippen LogP contribution >= 0.6 is 11.6 Å². The number of hydrogen-bond acceptors (Lipinski definition) is 4. The summed E-state index contributed by atoms with van der Waals surface area (Å²) in [5.41, 5.74) is 1.49. The summed E-state index contributed by atoms with van der Waals surface area (Å²) in [6, 6.07) is 12.3. The molecule has 0 atom stereocenters. The molecule has 2 rings (SSSR count). The molecule has 0 heterocycles. The monoisotopic (exact) mass is 375 g/mol. The molecule has 0 saturated carbocycles. The summed E-state index contributed by atoms with van der Waals surface area (Å²) in [4.78, 5) is 24.3. The summed E-state index contributed by atoms with van der Waals surface area (Å²) in [6.45, 7) is 6.64. The largest absolute Gasteiger partial charge is 0.476 e. The fraction of sp³-hybridized carbons (Fsp3) is 0.300. The van der Waals surface area contributed by atoms with Crippen molar-refractivity contribution in [2.24, 2.45) is 0 Å². The van der Waals surface area contributed by atoms with Gasteiger partial charge in [-0.15, -0.1) is 0 Å². The third-order valence-corrected chi connectivity index (χ3v) is 4.14. The van der Waals surface area contributed by atoms with Gasteiger partial charge in [0, 0.05) is 10.7 Å². The fourth-order valence-electron chi connectivity index (χ4n) is 2.22. The van der Waals surface area contributed by atoms with Crippen LogP contribution in [0.1, 0.15) is 25.0 Å². The number of aryl methyl sites for hydroxylation is 1. The number of ether oxygens (including phenoxy) is 2. The Morgan fingerprint density at radius 2 is 1.73 bits per heavy atom. The number of halogens is 1. The molecule has 5 nitrogen and oxygen atoms in total. The number of benzene rings is 2. The van der Waals surface area contributed by atoms with E-state index < -0.39 is 17.5 Å².